The molecule has 0 aromatic carbocycles. The molecule has 6 nitrogen and oxygen atoms in total. The van der Waals surface area contributed by atoms with Gasteiger partial charge in [-0.2, -0.15) is 0 Å². The molecular formula is C16H29N3O3S. The number of fused-ring (bicyclic) bond motifs is 1. The van der Waals surface area contributed by atoms with Crippen molar-refractivity contribution in [2.45, 2.75) is 44.9 Å². The largest absolute Gasteiger partial charge is 0.354 e. The van der Waals surface area contributed by atoms with Crippen LogP contribution < -0.4 is 15.4 Å². The van der Waals surface area contributed by atoms with E-state index in [0.717, 1.165) is 45.2 Å². The van der Waals surface area contributed by atoms with Crippen molar-refractivity contribution in [3.05, 3.63) is 0 Å². The number of hydrogen-bond donors (Lipinski definition) is 3. The van der Waals surface area contributed by atoms with Gasteiger partial charge in [0.1, 0.15) is 0 Å². The third-order valence-electron chi connectivity index (χ3n) is 5.96. The van der Waals surface area contributed by atoms with E-state index in [1.165, 1.54) is 12.8 Å². The van der Waals surface area contributed by atoms with Gasteiger partial charge in [-0.3, -0.25) is 4.79 Å². The van der Waals surface area contributed by atoms with Gasteiger partial charge in [-0.25, -0.2) is 13.1 Å². The second-order valence-electron chi connectivity index (χ2n) is 7.45. The van der Waals surface area contributed by atoms with E-state index < -0.39 is 10.0 Å². The number of nitrogens with one attached hydrogen (secondary N) is 3. The van der Waals surface area contributed by atoms with Crippen molar-refractivity contribution in [3.63, 3.8) is 0 Å². The van der Waals surface area contributed by atoms with Crippen LogP contribution >= 0.6 is 0 Å². The summed E-state index contributed by atoms with van der Waals surface area (Å²) in [5, 5.41) is 6.24. The number of hydrogen-bond acceptors (Lipinski definition) is 4. The maximum atomic E-state index is 12.6. The Bertz CT molecular complexity index is 533. The Labute approximate surface area is 139 Å². The van der Waals surface area contributed by atoms with Crippen LogP contribution in [0.1, 0.15) is 44.9 Å². The van der Waals surface area contributed by atoms with Gasteiger partial charge in [-0.05, 0) is 44.1 Å². The Balaban J connectivity index is 1.45. The minimum absolute atomic E-state index is 0.0281. The second kappa shape index (κ2) is 7.07. The number of amides is 1. The van der Waals surface area contributed by atoms with E-state index in [1.807, 2.05) is 0 Å². The molecule has 0 spiro atoms. The number of sulfonamides is 1. The molecule has 1 saturated heterocycles. The maximum Gasteiger partial charge on any atom is 0.227 e. The van der Waals surface area contributed by atoms with Gasteiger partial charge in [0.15, 0.2) is 0 Å². The van der Waals surface area contributed by atoms with Crippen molar-refractivity contribution in [2.24, 2.45) is 17.3 Å². The third kappa shape index (κ3) is 3.88. The highest BCUT2D eigenvalue weighted by Gasteiger charge is 2.49. The molecule has 0 bridgehead atoms. The smallest absolute Gasteiger partial charge is 0.227 e. The summed E-state index contributed by atoms with van der Waals surface area (Å²) in [6, 6.07) is 0. The SMILES string of the molecule is O=C(NCCS(=O)(=O)NCC1CCC1)[C@@]12CCCC[C@H]1CNC2. The van der Waals surface area contributed by atoms with Gasteiger partial charge >= 0.3 is 0 Å². The van der Waals surface area contributed by atoms with E-state index in [4.69, 9.17) is 0 Å². The van der Waals surface area contributed by atoms with Crippen LogP contribution in [-0.4, -0.2) is 46.3 Å². The van der Waals surface area contributed by atoms with Crippen molar-refractivity contribution < 1.29 is 13.2 Å². The molecule has 3 aliphatic rings. The molecule has 132 valence electrons. The van der Waals surface area contributed by atoms with Crippen LogP contribution in [-0.2, 0) is 14.8 Å². The lowest BCUT2D eigenvalue weighted by Gasteiger charge is -2.37. The summed E-state index contributed by atoms with van der Waals surface area (Å²) in [4.78, 5) is 12.6. The minimum atomic E-state index is -3.28. The Morgan fingerprint density at radius 1 is 1.17 bits per heavy atom. The van der Waals surface area contributed by atoms with Crippen LogP contribution in [0.4, 0.5) is 0 Å². The van der Waals surface area contributed by atoms with E-state index in [-0.39, 0.29) is 23.6 Å². The highest BCUT2D eigenvalue weighted by atomic mass is 32.2. The summed E-state index contributed by atoms with van der Waals surface area (Å²) in [7, 11) is -3.28. The van der Waals surface area contributed by atoms with Crippen LogP contribution in [0.15, 0.2) is 0 Å². The lowest BCUT2D eigenvalue weighted by Crippen LogP contribution is -2.49. The quantitative estimate of drug-likeness (QED) is 0.632. The normalized spacial score (nSPS) is 31.4. The first-order valence-electron chi connectivity index (χ1n) is 8.98. The van der Waals surface area contributed by atoms with E-state index >= 15 is 0 Å². The van der Waals surface area contributed by atoms with Crippen molar-refractivity contribution >= 4 is 15.9 Å². The molecule has 3 N–H and O–H groups in total. The molecule has 1 aliphatic heterocycles. The van der Waals surface area contributed by atoms with Crippen molar-refractivity contribution in [2.75, 3.05) is 31.9 Å². The maximum absolute atomic E-state index is 12.6. The Hall–Kier alpha value is -0.660. The fourth-order valence-electron chi connectivity index (χ4n) is 4.18. The molecule has 2 saturated carbocycles. The summed E-state index contributed by atoms with van der Waals surface area (Å²) in [5.74, 6) is 0.927. The van der Waals surface area contributed by atoms with Gasteiger partial charge in [-0.15, -0.1) is 0 Å². The van der Waals surface area contributed by atoms with Gasteiger partial charge in [0.05, 0.1) is 11.2 Å². The molecule has 3 rings (SSSR count). The number of carbonyl (C=O) groups is 1. The van der Waals surface area contributed by atoms with Crippen molar-refractivity contribution in [1.29, 1.82) is 0 Å². The van der Waals surface area contributed by atoms with Crippen LogP contribution in [0, 0.1) is 17.3 Å². The fourth-order valence-corrected chi connectivity index (χ4v) is 5.18. The zero-order valence-corrected chi connectivity index (χ0v) is 14.6. The third-order valence-corrected chi connectivity index (χ3v) is 7.31. The first-order chi connectivity index (χ1) is 11.0. The van der Waals surface area contributed by atoms with Crippen LogP contribution in [0.3, 0.4) is 0 Å². The lowest BCUT2D eigenvalue weighted by molar-refractivity contribution is -0.133. The first-order valence-corrected chi connectivity index (χ1v) is 10.6. The molecule has 1 heterocycles. The molecule has 1 amide bonds. The zero-order valence-electron chi connectivity index (χ0n) is 13.8. The van der Waals surface area contributed by atoms with Gasteiger partial charge in [0, 0.05) is 19.6 Å². The van der Waals surface area contributed by atoms with Crippen LogP contribution in [0.2, 0.25) is 0 Å². The number of rotatable bonds is 7. The standard InChI is InChI=1S/C16H29N3O3S/c20-15(16-7-2-1-6-14(16)11-17-12-16)18-8-9-23(21,22)19-10-13-4-3-5-13/h13-14,17,19H,1-12H2,(H,18,20)/t14-,16+/m0/s1. The predicted octanol–water partition coefficient (Wildman–Crippen LogP) is 0.602. The molecule has 23 heavy (non-hydrogen) atoms. The summed E-state index contributed by atoms with van der Waals surface area (Å²) >= 11 is 0. The molecular weight excluding hydrogens is 314 g/mol. The molecule has 3 fully saturated rings. The summed E-state index contributed by atoms with van der Waals surface area (Å²) in [5.41, 5.74) is -0.304. The topological polar surface area (TPSA) is 87.3 Å². The Morgan fingerprint density at radius 3 is 2.74 bits per heavy atom. The highest BCUT2D eigenvalue weighted by molar-refractivity contribution is 7.89. The molecule has 2 aliphatic carbocycles. The molecule has 0 unspecified atom stereocenters. The van der Waals surface area contributed by atoms with E-state index in [1.54, 1.807) is 0 Å². The second-order valence-corrected chi connectivity index (χ2v) is 9.38. The Morgan fingerprint density at radius 2 is 2.00 bits per heavy atom. The van der Waals surface area contributed by atoms with E-state index in [9.17, 15) is 13.2 Å². The van der Waals surface area contributed by atoms with Gasteiger partial charge < -0.3 is 10.6 Å². The predicted molar refractivity (Wildman–Crippen MR) is 89.4 cm³/mol. The van der Waals surface area contributed by atoms with E-state index in [2.05, 4.69) is 15.4 Å². The molecule has 2 atom stereocenters. The summed E-state index contributed by atoms with van der Waals surface area (Å²) in [6.07, 6.45) is 7.75. The fraction of sp³-hybridized carbons (Fsp3) is 0.938. The van der Waals surface area contributed by atoms with Gasteiger partial charge in [-0.1, -0.05) is 19.3 Å². The van der Waals surface area contributed by atoms with Crippen LogP contribution in [0.25, 0.3) is 0 Å². The lowest BCUT2D eigenvalue weighted by atomic mass is 9.67. The van der Waals surface area contributed by atoms with Crippen molar-refractivity contribution in [1.82, 2.24) is 15.4 Å². The van der Waals surface area contributed by atoms with Crippen LogP contribution in [0.5, 0.6) is 0 Å². The monoisotopic (exact) mass is 343 g/mol. The zero-order chi connectivity index (χ0) is 16.3. The summed E-state index contributed by atoms with van der Waals surface area (Å²) < 4.78 is 26.6. The van der Waals surface area contributed by atoms with E-state index in [0.29, 0.717) is 18.4 Å². The molecule has 7 heteroatoms. The minimum Gasteiger partial charge on any atom is -0.354 e. The Kier molecular flexibility index (Phi) is 5.28. The molecule has 0 aromatic rings. The highest BCUT2D eigenvalue weighted by Crippen LogP contribution is 2.43. The first kappa shape index (κ1) is 17.2. The molecule has 0 aromatic heterocycles. The summed E-state index contributed by atoms with van der Waals surface area (Å²) in [6.45, 7) is 2.39. The van der Waals surface area contributed by atoms with Crippen molar-refractivity contribution in [3.8, 4) is 0 Å². The molecule has 0 radical (unpaired) electrons. The van der Waals surface area contributed by atoms with Gasteiger partial charge in [0.2, 0.25) is 15.9 Å². The average molecular weight is 343 g/mol. The number of carbonyl (C=O) groups excluding carboxylic acids is 1. The average Bonchev–Trinajstić information content (AvgIpc) is 2.90. The van der Waals surface area contributed by atoms with Gasteiger partial charge in [0.25, 0.3) is 0 Å².